The zero-order valence-corrected chi connectivity index (χ0v) is 44.2. The summed E-state index contributed by atoms with van der Waals surface area (Å²) in [5.41, 5.74) is 11.0. The Morgan fingerprint density at radius 2 is 1.12 bits per heavy atom. The van der Waals surface area contributed by atoms with Crippen molar-refractivity contribution in [3.05, 3.63) is 209 Å². The monoisotopic (exact) mass is 1080 g/mol. The van der Waals surface area contributed by atoms with Crippen LogP contribution in [0.15, 0.2) is 152 Å². The SMILES string of the molecule is CC(C)(C)c1cccc(-[n+]2[c-]n(-c3[c-]c(Oc4[c-]c5c(c(C(C)(C)C)c4)c4ccccc4n5-c4cc(C(C)(C)C)ccn4)cc(C(C)(C)c4ccccc4)c3)cc2C(C)(C)c2ccccc2)c1.[Pt]. The van der Waals surface area contributed by atoms with E-state index in [0.717, 1.165) is 50.3 Å². The van der Waals surface area contributed by atoms with E-state index in [1.807, 2.05) is 6.20 Å². The van der Waals surface area contributed by atoms with Gasteiger partial charge in [-0.3, -0.25) is 4.57 Å². The molecule has 6 aromatic carbocycles. The Bertz CT molecular complexity index is 3260. The summed E-state index contributed by atoms with van der Waals surface area (Å²) >= 11 is 0. The average molecular weight is 1080 g/mol. The largest absolute Gasteiger partial charge is 0.510 e. The van der Waals surface area contributed by atoms with Crippen LogP contribution in [0.2, 0.25) is 0 Å². The van der Waals surface area contributed by atoms with E-state index in [1.54, 1.807) is 0 Å². The van der Waals surface area contributed by atoms with Crippen LogP contribution in [0.3, 0.4) is 0 Å². The third kappa shape index (κ3) is 9.15. The molecule has 0 spiro atoms. The summed E-state index contributed by atoms with van der Waals surface area (Å²) in [6.45, 7) is 29.5. The first-order chi connectivity index (χ1) is 31.6. The number of nitrogens with zero attached hydrogens (tertiary/aromatic N) is 4. The van der Waals surface area contributed by atoms with Crippen molar-refractivity contribution in [2.75, 3.05) is 0 Å². The van der Waals surface area contributed by atoms with E-state index in [2.05, 4.69) is 268 Å². The van der Waals surface area contributed by atoms with Gasteiger partial charge in [0, 0.05) is 55.9 Å². The average Bonchev–Trinajstić information content (AvgIpc) is 3.90. The first-order valence-corrected chi connectivity index (χ1v) is 23.6. The van der Waals surface area contributed by atoms with Crippen LogP contribution in [0, 0.1) is 18.5 Å². The van der Waals surface area contributed by atoms with Crippen LogP contribution >= 0.6 is 0 Å². The second-order valence-corrected chi connectivity index (χ2v) is 22.3. The minimum absolute atomic E-state index is 0. The number of para-hydroxylation sites is 1. The maximum Gasteiger partial charge on any atom is 0.267 e. The number of hydrogen-bond acceptors (Lipinski definition) is 2. The number of benzene rings is 6. The minimum atomic E-state index is -0.389. The molecule has 350 valence electrons. The fraction of sp³-hybridized carbons (Fsp3) is 0.290. The summed E-state index contributed by atoms with van der Waals surface area (Å²) in [5, 5.41) is 2.31. The van der Waals surface area contributed by atoms with Crippen molar-refractivity contribution in [1.29, 1.82) is 0 Å². The molecule has 0 aliphatic carbocycles. The van der Waals surface area contributed by atoms with Crippen molar-refractivity contribution < 1.29 is 30.4 Å². The Labute approximate surface area is 419 Å². The quantitative estimate of drug-likeness (QED) is 0.107. The van der Waals surface area contributed by atoms with Crippen LogP contribution < -0.4 is 9.30 Å². The molecule has 6 heteroatoms. The summed E-state index contributed by atoms with van der Waals surface area (Å²) in [6.07, 6.45) is 7.96. The van der Waals surface area contributed by atoms with E-state index in [-0.39, 0.29) is 48.1 Å². The van der Waals surface area contributed by atoms with E-state index in [9.17, 15) is 0 Å². The molecular weight excluding hydrogens is 1010 g/mol. The molecule has 0 amide bonds. The Kier molecular flexibility index (Phi) is 12.7. The molecule has 5 nitrogen and oxygen atoms in total. The van der Waals surface area contributed by atoms with Gasteiger partial charge in [-0.2, -0.15) is 6.07 Å². The Morgan fingerprint density at radius 3 is 1.76 bits per heavy atom. The summed E-state index contributed by atoms with van der Waals surface area (Å²) in [6, 6.07) is 57.4. The Hall–Kier alpha value is -6.03. The first kappa shape index (κ1) is 48.4. The van der Waals surface area contributed by atoms with Crippen LogP contribution in [-0.4, -0.2) is 14.1 Å². The van der Waals surface area contributed by atoms with Crippen molar-refractivity contribution in [2.45, 2.75) is 117 Å². The maximum absolute atomic E-state index is 7.15. The fourth-order valence-corrected chi connectivity index (χ4v) is 9.34. The van der Waals surface area contributed by atoms with Gasteiger partial charge >= 0.3 is 0 Å². The fourth-order valence-electron chi connectivity index (χ4n) is 9.34. The topological polar surface area (TPSA) is 35.9 Å². The molecule has 0 aliphatic heterocycles. The second-order valence-electron chi connectivity index (χ2n) is 22.3. The summed E-state index contributed by atoms with van der Waals surface area (Å²) in [4.78, 5) is 4.99. The number of fused-ring (bicyclic) bond motifs is 3. The molecule has 9 aromatic rings. The zero-order chi connectivity index (χ0) is 47.7. The number of hydrogen-bond donors (Lipinski definition) is 0. The number of rotatable bonds is 9. The molecular formula is C62H64N4OPt-2. The Balaban J connectivity index is 0.00000625. The number of pyridine rings is 1. The molecule has 0 fully saturated rings. The van der Waals surface area contributed by atoms with E-state index in [0.29, 0.717) is 11.5 Å². The van der Waals surface area contributed by atoms with Gasteiger partial charge < -0.3 is 13.9 Å². The van der Waals surface area contributed by atoms with Crippen LogP contribution in [0.1, 0.15) is 129 Å². The summed E-state index contributed by atoms with van der Waals surface area (Å²) in [5.74, 6) is 2.06. The molecule has 0 bridgehead atoms. The molecule has 0 atom stereocenters. The molecule has 0 saturated carbocycles. The van der Waals surface area contributed by atoms with Gasteiger partial charge in [0.2, 0.25) is 0 Å². The third-order valence-electron chi connectivity index (χ3n) is 13.6. The van der Waals surface area contributed by atoms with Gasteiger partial charge in [0.15, 0.2) is 0 Å². The molecule has 9 rings (SSSR count). The van der Waals surface area contributed by atoms with Crippen molar-refractivity contribution in [1.82, 2.24) is 14.1 Å². The molecule has 0 saturated heterocycles. The zero-order valence-electron chi connectivity index (χ0n) is 41.9. The predicted octanol–water partition coefficient (Wildman–Crippen LogP) is 15.0. The van der Waals surface area contributed by atoms with Gasteiger partial charge in [0.05, 0.1) is 11.4 Å². The van der Waals surface area contributed by atoms with Gasteiger partial charge in [0.25, 0.3) is 6.33 Å². The van der Waals surface area contributed by atoms with Gasteiger partial charge in [0.1, 0.15) is 5.82 Å². The molecule has 0 N–H and O–H groups in total. The predicted molar refractivity (Wildman–Crippen MR) is 276 cm³/mol. The molecule has 0 unspecified atom stereocenters. The van der Waals surface area contributed by atoms with Crippen molar-refractivity contribution in [2.24, 2.45) is 0 Å². The van der Waals surface area contributed by atoms with Gasteiger partial charge in [-0.05, 0) is 85.3 Å². The van der Waals surface area contributed by atoms with E-state index in [4.69, 9.17) is 9.72 Å². The van der Waals surface area contributed by atoms with Gasteiger partial charge in [-0.25, -0.2) is 4.98 Å². The number of aromatic nitrogens is 4. The second kappa shape index (κ2) is 17.8. The van der Waals surface area contributed by atoms with Crippen LogP contribution in [0.25, 0.3) is 39.0 Å². The standard InChI is InChI=1S/C62H64N4O.Pt/c1-58(2,3)44-27-22-28-47(33-44)65-41-64(40-55(65)62(12,13)43-25-18-15-19-26-43)48-34-46(61(10,11)42-23-16-14-17-24-42)35-49(37-48)67-50-38-52(60(7,8)9)57-51-29-20-21-30-53(51)66(54(57)39-50)56-36-45(31-32-63-56)59(4,5)6;/h14-36,38,40H,1-13H3;/q-2;. The number of ether oxygens (including phenoxy) is 1. The number of imidazole rings is 1. The van der Waals surface area contributed by atoms with Crippen LogP contribution in [0.4, 0.5) is 0 Å². The Morgan fingerprint density at radius 1 is 0.529 bits per heavy atom. The van der Waals surface area contributed by atoms with Crippen LogP contribution in [-0.2, 0) is 48.1 Å². The molecule has 0 radical (unpaired) electrons. The van der Waals surface area contributed by atoms with E-state index < -0.39 is 0 Å². The van der Waals surface area contributed by atoms with E-state index >= 15 is 0 Å². The summed E-state index contributed by atoms with van der Waals surface area (Å²) in [7, 11) is 0. The van der Waals surface area contributed by atoms with Crippen LogP contribution in [0.5, 0.6) is 11.5 Å². The minimum Gasteiger partial charge on any atom is -0.510 e. The van der Waals surface area contributed by atoms with Gasteiger partial charge in [-0.15, -0.1) is 35.4 Å². The molecule has 0 aliphatic rings. The molecule has 3 aromatic heterocycles. The first-order valence-electron chi connectivity index (χ1n) is 23.6. The van der Waals surface area contributed by atoms with Crippen molar-refractivity contribution >= 4 is 21.8 Å². The normalized spacial score (nSPS) is 12.7. The third-order valence-corrected chi connectivity index (χ3v) is 13.6. The smallest absolute Gasteiger partial charge is 0.267 e. The van der Waals surface area contributed by atoms with Gasteiger partial charge in [-0.1, -0.05) is 192 Å². The van der Waals surface area contributed by atoms with E-state index in [1.165, 1.54) is 27.8 Å². The summed E-state index contributed by atoms with van der Waals surface area (Å²) < 4.78 is 13.7. The molecule has 68 heavy (non-hydrogen) atoms. The maximum atomic E-state index is 7.15. The van der Waals surface area contributed by atoms with Crippen molar-refractivity contribution in [3.8, 4) is 28.7 Å². The molecule has 3 heterocycles. The van der Waals surface area contributed by atoms with Crippen molar-refractivity contribution in [3.63, 3.8) is 0 Å².